The molecule has 2 aromatic carbocycles. The summed E-state index contributed by atoms with van der Waals surface area (Å²) >= 11 is 0. The highest BCUT2D eigenvalue weighted by Crippen LogP contribution is 2.38. The molecule has 0 aliphatic carbocycles. The molecule has 6 nitrogen and oxygen atoms in total. The van der Waals surface area contributed by atoms with E-state index in [4.69, 9.17) is 4.74 Å². The minimum atomic E-state index is -3.87. The lowest BCUT2D eigenvalue weighted by atomic mass is 10.1. The number of carboxylic acids is 1. The van der Waals surface area contributed by atoms with Crippen LogP contribution in [0.1, 0.15) is 37.0 Å². The number of rotatable bonds is 9. The van der Waals surface area contributed by atoms with E-state index in [9.17, 15) is 27.1 Å². The molecule has 0 saturated heterocycles. The molecule has 0 spiro atoms. The molecule has 28 heavy (non-hydrogen) atoms. The normalized spacial score (nSPS) is 11.3. The molecule has 2 N–H and O–H groups in total. The van der Waals surface area contributed by atoms with E-state index in [0.717, 1.165) is 37.1 Å². The van der Waals surface area contributed by atoms with Gasteiger partial charge in [-0.3, -0.25) is 0 Å². The molecule has 2 rings (SSSR count). The van der Waals surface area contributed by atoms with Crippen molar-refractivity contribution < 1.29 is 31.8 Å². The third kappa shape index (κ3) is 4.98. The van der Waals surface area contributed by atoms with Gasteiger partial charge in [0, 0.05) is 12.6 Å². The molecule has 0 bridgehead atoms. The number of aromatic carboxylic acids is 1. The second kappa shape index (κ2) is 9.01. The maximum atomic E-state index is 13.5. The van der Waals surface area contributed by atoms with Crippen LogP contribution in [0.2, 0.25) is 0 Å². The number of ether oxygens (including phenoxy) is 1. The first kappa shape index (κ1) is 21.6. The van der Waals surface area contributed by atoms with Gasteiger partial charge < -0.3 is 15.2 Å². The summed E-state index contributed by atoms with van der Waals surface area (Å²) in [5.41, 5.74) is -0.0891. The molecule has 9 heteroatoms. The summed E-state index contributed by atoms with van der Waals surface area (Å²) in [7, 11) is -3.87. The van der Waals surface area contributed by atoms with E-state index in [1.165, 1.54) is 13.0 Å². The van der Waals surface area contributed by atoms with Crippen molar-refractivity contribution in [2.45, 2.75) is 31.6 Å². The van der Waals surface area contributed by atoms with Gasteiger partial charge in [0.25, 0.3) is 0 Å². The highest BCUT2D eigenvalue weighted by Gasteiger charge is 2.25. The number of carboxylic acid groups (broad SMARTS) is 1. The number of carbonyl (C=O) groups is 1. The van der Waals surface area contributed by atoms with Crippen LogP contribution >= 0.6 is 0 Å². The summed E-state index contributed by atoms with van der Waals surface area (Å²) in [6.07, 6.45) is 1.60. The van der Waals surface area contributed by atoms with Gasteiger partial charge in [-0.05, 0) is 30.7 Å². The molecule has 0 aromatic heterocycles. The molecule has 0 heterocycles. The van der Waals surface area contributed by atoms with Gasteiger partial charge in [-0.25, -0.2) is 22.0 Å². The highest BCUT2D eigenvalue weighted by atomic mass is 32.2. The van der Waals surface area contributed by atoms with Gasteiger partial charge in [-0.15, -0.1) is 0 Å². The van der Waals surface area contributed by atoms with E-state index in [1.54, 1.807) is 0 Å². The van der Waals surface area contributed by atoms with Crippen molar-refractivity contribution >= 4 is 21.5 Å². The number of sulfone groups is 1. The van der Waals surface area contributed by atoms with Crippen molar-refractivity contribution in [3.05, 3.63) is 47.5 Å². The Morgan fingerprint density at radius 2 is 1.86 bits per heavy atom. The van der Waals surface area contributed by atoms with Gasteiger partial charge in [0.1, 0.15) is 10.6 Å². The predicted octanol–water partition coefficient (Wildman–Crippen LogP) is 4.46. The molecule has 0 aliphatic rings. The summed E-state index contributed by atoms with van der Waals surface area (Å²) in [5, 5.41) is 12.3. The Balaban J connectivity index is 2.65. The third-order valence-electron chi connectivity index (χ3n) is 3.97. The van der Waals surface area contributed by atoms with E-state index in [-0.39, 0.29) is 33.4 Å². The zero-order valence-electron chi connectivity index (χ0n) is 15.5. The van der Waals surface area contributed by atoms with Crippen LogP contribution in [0.25, 0.3) is 0 Å². The lowest BCUT2D eigenvalue weighted by Crippen LogP contribution is -2.12. The lowest BCUT2D eigenvalue weighted by molar-refractivity contribution is 0.0696. The zero-order valence-corrected chi connectivity index (χ0v) is 16.3. The predicted molar refractivity (Wildman–Crippen MR) is 101 cm³/mol. The standard InChI is InChI=1S/C19H21F2NO5S/c1-3-5-8-22-16-9-12(19(23)24)10-17(28(25,26)4-2)18(16)27-13-6-7-14(20)15(21)11-13/h6-7,9-11,22H,3-5,8H2,1-2H3,(H,23,24). The van der Waals surface area contributed by atoms with E-state index >= 15 is 0 Å². The lowest BCUT2D eigenvalue weighted by Gasteiger charge is -2.18. The Kier molecular flexibility index (Phi) is 6.95. The summed E-state index contributed by atoms with van der Waals surface area (Å²) < 4.78 is 57.4. The van der Waals surface area contributed by atoms with Gasteiger partial charge in [0.15, 0.2) is 27.2 Å². The Morgan fingerprint density at radius 1 is 1.14 bits per heavy atom. The Morgan fingerprint density at radius 3 is 2.43 bits per heavy atom. The first-order valence-corrected chi connectivity index (χ1v) is 10.4. The number of hydrogen-bond donors (Lipinski definition) is 2. The van der Waals surface area contributed by atoms with Crippen molar-refractivity contribution in [3.63, 3.8) is 0 Å². The smallest absolute Gasteiger partial charge is 0.335 e. The quantitative estimate of drug-likeness (QED) is 0.590. The molecule has 0 unspecified atom stereocenters. The van der Waals surface area contributed by atoms with Gasteiger partial charge >= 0.3 is 5.97 Å². The molecular formula is C19H21F2NO5S. The largest absolute Gasteiger partial charge is 0.478 e. The number of anilines is 1. The SMILES string of the molecule is CCCCNc1cc(C(=O)O)cc(S(=O)(=O)CC)c1Oc1ccc(F)c(F)c1. The average molecular weight is 413 g/mol. The van der Waals surface area contributed by atoms with Crippen molar-refractivity contribution in [1.82, 2.24) is 0 Å². The van der Waals surface area contributed by atoms with Gasteiger partial charge in [-0.2, -0.15) is 0 Å². The van der Waals surface area contributed by atoms with Crippen molar-refractivity contribution in [2.24, 2.45) is 0 Å². The number of benzene rings is 2. The summed E-state index contributed by atoms with van der Waals surface area (Å²) in [4.78, 5) is 11.1. The summed E-state index contributed by atoms with van der Waals surface area (Å²) in [6.45, 7) is 3.81. The molecule has 0 radical (unpaired) electrons. The van der Waals surface area contributed by atoms with Crippen LogP contribution in [0, 0.1) is 11.6 Å². The van der Waals surface area contributed by atoms with Crippen molar-refractivity contribution in [2.75, 3.05) is 17.6 Å². The molecule has 0 amide bonds. The van der Waals surface area contributed by atoms with E-state index in [0.29, 0.717) is 6.54 Å². The van der Waals surface area contributed by atoms with E-state index in [1.807, 2.05) is 6.92 Å². The van der Waals surface area contributed by atoms with Gasteiger partial charge in [0.05, 0.1) is 17.0 Å². The van der Waals surface area contributed by atoms with Crippen LogP contribution < -0.4 is 10.1 Å². The fourth-order valence-corrected chi connectivity index (χ4v) is 3.46. The van der Waals surface area contributed by atoms with E-state index in [2.05, 4.69) is 5.32 Å². The van der Waals surface area contributed by atoms with Crippen LogP contribution in [-0.2, 0) is 9.84 Å². The number of hydrogen-bond acceptors (Lipinski definition) is 5. The molecule has 0 atom stereocenters. The Bertz CT molecular complexity index is 977. The van der Waals surface area contributed by atoms with Crippen molar-refractivity contribution in [1.29, 1.82) is 0 Å². The average Bonchev–Trinajstić information content (AvgIpc) is 2.65. The van der Waals surface area contributed by atoms with Crippen LogP contribution in [0.3, 0.4) is 0 Å². The molecular weight excluding hydrogens is 392 g/mol. The first-order chi connectivity index (χ1) is 13.2. The second-order valence-corrected chi connectivity index (χ2v) is 8.26. The van der Waals surface area contributed by atoms with Crippen LogP contribution in [0.5, 0.6) is 11.5 Å². The first-order valence-electron chi connectivity index (χ1n) is 8.70. The van der Waals surface area contributed by atoms with Crippen LogP contribution in [0.4, 0.5) is 14.5 Å². The minimum absolute atomic E-state index is 0.118. The zero-order chi connectivity index (χ0) is 20.9. The Labute approximate surface area is 162 Å². The maximum absolute atomic E-state index is 13.5. The molecule has 2 aromatic rings. The number of halogens is 2. The van der Waals surface area contributed by atoms with Gasteiger partial charge in [-0.1, -0.05) is 20.3 Å². The van der Waals surface area contributed by atoms with Crippen LogP contribution in [-0.4, -0.2) is 31.8 Å². The highest BCUT2D eigenvalue weighted by molar-refractivity contribution is 7.91. The molecule has 0 aliphatic heterocycles. The fraction of sp³-hybridized carbons (Fsp3) is 0.316. The van der Waals surface area contributed by atoms with Gasteiger partial charge in [0.2, 0.25) is 0 Å². The molecule has 0 saturated carbocycles. The number of nitrogens with one attached hydrogen (secondary N) is 1. The molecule has 152 valence electrons. The minimum Gasteiger partial charge on any atom is -0.478 e. The third-order valence-corrected chi connectivity index (χ3v) is 5.71. The van der Waals surface area contributed by atoms with Crippen molar-refractivity contribution in [3.8, 4) is 11.5 Å². The topological polar surface area (TPSA) is 92.7 Å². The molecule has 0 fully saturated rings. The second-order valence-electron chi connectivity index (χ2n) is 6.02. The summed E-state index contributed by atoms with van der Waals surface area (Å²) in [5.74, 6) is -4.10. The summed E-state index contributed by atoms with van der Waals surface area (Å²) in [6, 6.07) is 5.05. The number of unbranched alkanes of at least 4 members (excludes halogenated alkanes) is 1. The van der Waals surface area contributed by atoms with E-state index < -0.39 is 27.4 Å². The monoisotopic (exact) mass is 413 g/mol. The fourth-order valence-electron chi connectivity index (χ4n) is 2.41. The maximum Gasteiger partial charge on any atom is 0.335 e. The Hall–Kier alpha value is -2.68. The van der Waals surface area contributed by atoms with Crippen LogP contribution in [0.15, 0.2) is 35.2 Å².